The summed E-state index contributed by atoms with van der Waals surface area (Å²) in [7, 11) is 0. The molecular formula is C16H11FN4. The van der Waals surface area contributed by atoms with Gasteiger partial charge >= 0.3 is 0 Å². The second-order valence-corrected chi connectivity index (χ2v) is 4.66. The largest absolute Gasteiger partial charge is 0.205 e. The topological polar surface area (TPSA) is 54.5 Å². The zero-order chi connectivity index (χ0) is 14.8. The van der Waals surface area contributed by atoms with Gasteiger partial charge in [-0.15, -0.1) is 5.10 Å². The van der Waals surface area contributed by atoms with Crippen molar-refractivity contribution in [1.82, 2.24) is 15.0 Å². The van der Waals surface area contributed by atoms with Crippen LogP contribution >= 0.6 is 0 Å². The van der Waals surface area contributed by atoms with Crippen LogP contribution < -0.4 is 0 Å². The molecule has 0 N–H and O–H groups in total. The lowest BCUT2D eigenvalue weighted by Crippen LogP contribution is -1.99. The van der Waals surface area contributed by atoms with Crippen LogP contribution in [0.4, 0.5) is 4.39 Å². The molecule has 0 unspecified atom stereocenters. The summed E-state index contributed by atoms with van der Waals surface area (Å²) in [4.78, 5) is 0. The van der Waals surface area contributed by atoms with E-state index in [4.69, 9.17) is 0 Å². The van der Waals surface area contributed by atoms with Crippen LogP contribution in [-0.4, -0.2) is 15.0 Å². The monoisotopic (exact) mass is 278 g/mol. The molecule has 1 heterocycles. The molecule has 0 bridgehead atoms. The van der Waals surface area contributed by atoms with Gasteiger partial charge in [-0.05, 0) is 30.7 Å². The number of aryl methyl sites for hydroxylation is 1. The molecule has 102 valence electrons. The Kier molecular flexibility index (Phi) is 3.20. The van der Waals surface area contributed by atoms with Gasteiger partial charge in [-0.25, -0.2) is 4.39 Å². The third-order valence-corrected chi connectivity index (χ3v) is 3.14. The normalized spacial score (nSPS) is 11.6. The molecule has 0 aliphatic rings. The van der Waals surface area contributed by atoms with Crippen LogP contribution in [0.1, 0.15) is 11.1 Å². The van der Waals surface area contributed by atoms with E-state index in [-0.39, 0.29) is 11.2 Å². The van der Waals surface area contributed by atoms with Crippen molar-refractivity contribution in [3.63, 3.8) is 0 Å². The second kappa shape index (κ2) is 5.17. The zero-order valence-electron chi connectivity index (χ0n) is 11.3. The molecule has 1 aromatic heterocycles. The highest BCUT2D eigenvalue weighted by atomic mass is 19.1. The first-order valence-corrected chi connectivity index (χ1v) is 6.38. The number of nitrogens with zero attached hydrogens (tertiary/aromatic N) is 4. The van der Waals surface area contributed by atoms with Crippen molar-refractivity contribution in [3.8, 4) is 6.07 Å². The summed E-state index contributed by atoms with van der Waals surface area (Å²) < 4.78 is 15.2. The standard InChI is InChI=1S/C16H11FN4/c1-11-5-7-12(8-6-11)9-13(10-18)21-16-14(17)3-2-4-15(16)19-20-21/h2-9H,1H3/b13-9-. The Labute approximate surface area is 120 Å². The van der Waals surface area contributed by atoms with Crippen LogP contribution in [0.3, 0.4) is 0 Å². The highest BCUT2D eigenvalue weighted by Crippen LogP contribution is 2.20. The third-order valence-electron chi connectivity index (χ3n) is 3.14. The smallest absolute Gasteiger partial charge is 0.151 e. The number of rotatable bonds is 2. The minimum Gasteiger partial charge on any atom is -0.205 e. The van der Waals surface area contributed by atoms with Crippen LogP contribution in [0.2, 0.25) is 0 Å². The van der Waals surface area contributed by atoms with Gasteiger partial charge in [0, 0.05) is 0 Å². The Balaban J connectivity index is 2.15. The molecule has 0 radical (unpaired) electrons. The highest BCUT2D eigenvalue weighted by Gasteiger charge is 2.12. The van der Waals surface area contributed by atoms with Gasteiger partial charge in [0.1, 0.15) is 22.8 Å². The average Bonchev–Trinajstić information content (AvgIpc) is 2.92. The molecule has 0 saturated heterocycles. The van der Waals surface area contributed by atoms with Crippen LogP contribution in [0.5, 0.6) is 0 Å². The molecule has 3 aromatic rings. The summed E-state index contributed by atoms with van der Waals surface area (Å²) >= 11 is 0. The van der Waals surface area contributed by atoms with Crippen molar-refractivity contribution in [2.24, 2.45) is 0 Å². The number of fused-ring (bicyclic) bond motifs is 1. The quantitative estimate of drug-likeness (QED) is 0.675. The first kappa shape index (κ1) is 13.0. The van der Waals surface area contributed by atoms with Gasteiger partial charge in [-0.1, -0.05) is 41.1 Å². The van der Waals surface area contributed by atoms with Crippen molar-refractivity contribution < 1.29 is 4.39 Å². The lowest BCUT2D eigenvalue weighted by atomic mass is 10.1. The Hall–Kier alpha value is -3.00. The predicted octanol–water partition coefficient (Wildman–Crippen LogP) is 3.40. The van der Waals surface area contributed by atoms with Gasteiger partial charge in [0.2, 0.25) is 0 Å². The van der Waals surface area contributed by atoms with Crippen molar-refractivity contribution in [1.29, 1.82) is 5.26 Å². The third kappa shape index (κ3) is 2.39. The van der Waals surface area contributed by atoms with E-state index >= 15 is 0 Å². The number of para-hydroxylation sites is 1. The first-order valence-electron chi connectivity index (χ1n) is 6.38. The Morgan fingerprint density at radius 3 is 2.71 bits per heavy atom. The summed E-state index contributed by atoms with van der Waals surface area (Å²) in [5.74, 6) is -0.456. The van der Waals surface area contributed by atoms with Gasteiger partial charge in [-0.2, -0.15) is 9.94 Å². The van der Waals surface area contributed by atoms with E-state index in [2.05, 4.69) is 10.3 Å². The second-order valence-electron chi connectivity index (χ2n) is 4.66. The fourth-order valence-electron chi connectivity index (χ4n) is 2.06. The van der Waals surface area contributed by atoms with E-state index in [1.54, 1.807) is 18.2 Å². The van der Waals surface area contributed by atoms with E-state index in [1.807, 2.05) is 37.3 Å². The number of hydrogen-bond acceptors (Lipinski definition) is 3. The van der Waals surface area contributed by atoms with Gasteiger partial charge in [0.15, 0.2) is 5.82 Å². The summed E-state index contributed by atoms with van der Waals surface area (Å²) in [6, 6.07) is 14.3. The predicted molar refractivity (Wildman–Crippen MR) is 78.4 cm³/mol. The van der Waals surface area contributed by atoms with Gasteiger partial charge in [0.25, 0.3) is 0 Å². The first-order chi connectivity index (χ1) is 10.2. The van der Waals surface area contributed by atoms with Crippen LogP contribution in [0.15, 0.2) is 42.5 Å². The number of hydrogen-bond donors (Lipinski definition) is 0. The van der Waals surface area contributed by atoms with Crippen molar-refractivity contribution in [2.75, 3.05) is 0 Å². The molecule has 0 amide bonds. The molecular weight excluding hydrogens is 267 g/mol. The van der Waals surface area contributed by atoms with Crippen molar-refractivity contribution in [2.45, 2.75) is 6.92 Å². The molecule has 0 saturated carbocycles. The number of nitriles is 1. The van der Waals surface area contributed by atoms with Crippen molar-refractivity contribution in [3.05, 3.63) is 59.4 Å². The van der Waals surface area contributed by atoms with E-state index in [9.17, 15) is 9.65 Å². The van der Waals surface area contributed by atoms with Crippen molar-refractivity contribution >= 4 is 22.8 Å². The number of halogens is 1. The van der Waals surface area contributed by atoms with Gasteiger partial charge in [0.05, 0.1) is 0 Å². The molecule has 0 aliphatic heterocycles. The van der Waals surface area contributed by atoms with E-state index in [1.165, 1.54) is 10.7 Å². The fraction of sp³-hybridized carbons (Fsp3) is 0.0625. The minimum absolute atomic E-state index is 0.206. The summed E-state index contributed by atoms with van der Waals surface area (Å²) in [6.45, 7) is 1.99. The molecule has 0 spiro atoms. The van der Waals surface area contributed by atoms with Crippen LogP contribution in [0.25, 0.3) is 22.8 Å². The fourth-order valence-corrected chi connectivity index (χ4v) is 2.06. The Morgan fingerprint density at radius 1 is 1.24 bits per heavy atom. The molecule has 4 nitrogen and oxygen atoms in total. The SMILES string of the molecule is Cc1ccc(/C=C(/C#N)n2nnc3cccc(F)c32)cc1. The van der Waals surface area contributed by atoms with E-state index < -0.39 is 5.82 Å². The summed E-state index contributed by atoms with van der Waals surface area (Å²) in [6.07, 6.45) is 1.65. The Bertz CT molecular complexity index is 869. The molecule has 5 heteroatoms. The maximum Gasteiger partial charge on any atom is 0.151 e. The van der Waals surface area contributed by atoms with Crippen LogP contribution in [-0.2, 0) is 0 Å². The van der Waals surface area contributed by atoms with E-state index in [0.717, 1.165) is 11.1 Å². The highest BCUT2D eigenvalue weighted by molar-refractivity contribution is 5.86. The number of allylic oxidation sites excluding steroid dienone is 1. The molecule has 2 aromatic carbocycles. The molecule has 0 fully saturated rings. The molecule has 21 heavy (non-hydrogen) atoms. The summed E-state index contributed by atoms with van der Waals surface area (Å²) in [5, 5.41) is 17.1. The molecule has 0 aliphatic carbocycles. The molecule has 3 rings (SSSR count). The maximum atomic E-state index is 13.9. The van der Waals surface area contributed by atoms with Gasteiger partial charge < -0.3 is 0 Å². The number of benzene rings is 2. The average molecular weight is 278 g/mol. The van der Waals surface area contributed by atoms with E-state index in [0.29, 0.717) is 5.52 Å². The lowest BCUT2D eigenvalue weighted by molar-refractivity contribution is 0.632. The minimum atomic E-state index is -0.456. The Morgan fingerprint density at radius 2 is 2.00 bits per heavy atom. The summed E-state index contributed by atoms with van der Waals surface area (Å²) in [5.41, 5.74) is 2.81. The van der Waals surface area contributed by atoms with Crippen LogP contribution in [0, 0.1) is 24.1 Å². The molecule has 0 atom stereocenters. The lowest BCUT2D eigenvalue weighted by Gasteiger charge is -2.01. The van der Waals surface area contributed by atoms with Gasteiger partial charge in [-0.3, -0.25) is 0 Å². The number of aromatic nitrogens is 3. The maximum absolute atomic E-state index is 13.9. The zero-order valence-corrected chi connectivity index (χ0v) is 11.3.